The van der Waals surface area contributed by atoms with Gasteiger partial charge in [0.1, 0.15) is 0 Å². The minimum atomic E-state index is 0.639. The highest BCUT2D eigenvalue weighted by Gasteiger charge is 2.34. The fourth-order valence-electron chi connectivity index (χ4n) is 2.32. The normalized spacial score (nSPS) is 24.9. The summed E-state index contributed by atoms with van der Waals surface area (Å²) >= 11 is 0. The molecule has 1 aromatic rings. The molecule has 3 rings (SSSR count). The van der Waals surface area contributed by atoms with E-state index in [2.05, 4.69) is 20.4 Å². The van der Waals surface area contributed by atoms with Crippen molar-refractivity contribution in [2.24, 2.45) is 5.92 Å². The van der Waals surface area contributed by atoms with E-state index in [4.69, 9.17) is 4.52 Å². The molecule has 1 N–H and O–H groups in total. The van der Waals surface area contributed by atoms with Crippen LogP contribution in [-0.4, -0.2) is 35.8 Å². The van der Waals surface area contributed by atoms with E-state index in [9.17, 15) is 0 Å². The molecule has 1 saturated heterocycles. The van der Waals surface area contributed by atoms with Gasteiger partial charge in [0, 0.05) is 12.6 Å². The molecule has 0 radical (unpaired) electrons. The fraction of sp³-hybridized carbons (Fsp3) is 0.818. The SMILES string of the molecule is Cc1noc(N(CC2CCNC2)C2CC2)n1. The zero-order chi connectivity index (χ0) is 11.0. The first-order valence-corrected chi connectivity index (χ1v) is 6.10. The van der Waals surface area contributed by atoms with Crippen molar-refractivity contribution in [1.29, 1.82) is 0 Å². The Labute approximate surface area is 95.2 Å². The summed E-state index contributed by atoms with van der Waals surface area (Å²) < 4.78 is 5.28. The predicted molar refractivity (Wildman–Crippen MR) is 60.4 cm³/mol. The maximum Gasteiger partial charge on any atom is 0.324 e. The molecular formula is C11H18N4O. The summed E-state index contributed by atoms with van der Waals surface area (Å²) in [5, 5.41) is 7.28. The number of anilines is 1. The van der Waals surface area contributed by atoms with E-state index < -0.39 is 0 Å². The Hall–Kier alpha value is -1.10. The largest absolute Gasteiger partial charge is 0.324 e. The highest BCUT2D eigenvalue weighted by atomic mass is 16.5. The second-order valence-corrected chi connectivity index (χ2v) is 4.87. The molecule has 0 aromatic carbocycles. The minimum absolute atomic E-state index is 0.639. The standard InChI is InChI=1S/C11H18N4O/c1-8-13-11(16-14-8)15(10-2-3-10)7-9-4-5-12-6-9/h9-10,12H,2-7H2,1H3. The van der Waals surface area contributed by atoms with Crippen LogP contribution in [0.15, 0.2) is 4.52 Å². The lowest BCUT2D eigenvalue weighted by Crippen LogP contribution is -2.32. The van der Waals surface area contributed by atoms with Crippen molar-refractivity contribution in [3.8, 4) is 0 Å². The minimum Gasteiger partial charge on any atom is -0.321 e. The Kier molecular flexibility index (Phi) is 2.55. The molecule has 2 heterocycles. The van der Waals surface area contributed by atoms with Gasteiger partial charge in [-0.15, -0.1) is 0 Å². The maximum absolute atomic E-state index is 5.28. The first-order chi connectivity index (χ1) is 7.83. The van der Waals surface area contributed by atoms with Crippen molar-refractivity contribution in [3.05, 3.63) is 5.82 Å². The number of nitrogens with one attached hydrogen (secondary N) is 1. The first kappa shape index (κ1) is 10.1. The summed E-state index contributed by atoms with van der Waals surface area (Å²) in [5.74, 6) is 1.46. The van der Waals surface area contributed by atoms with Crippen molar-refractivity contribution in [1.82, 2.24) is 15.5 Å². The van der Waals surface area contributed by atoms with Gasteiger partial charge in [0.25, 0.3) is 0 Å². The molecule has 88 valence electrons. The van der Waals surface area contributed by atoms with Crippen LogP contribution in [0.5, 0.6) is 0 Å². The van der Waals surface area contributed by atoms with E-state index in [1.54, 1.807) is 0 Å². The van der Waals surface area contributed by atoms with Gasteiger partial charge in [-0.3, -0.25) is 0 Å². The highest BCUT2D eigenvalue weighted by Crippen LogP contribution is 2.31. The van der Waals surface area contributed by atoms with Gasteiger partial charge in [-0.05, 0) is 45.2 Å². The molecule has 16 heavy (non-hydrogen) atoms. The van der Waals surface area contributed by atoms with Crippen LogP contribution in [0.25, 0.3) is 0 Å². The van der Waals surface area contributed by atoms with E-state index in [1.807, 2.05) is 6.92 Å². The topological polar surface area (TPSA) is 54.2 Å². The van der Waals surface area contributed by atoms with Gasteiger partial charge in [-0.2, -0.15) is 4.98 Å². The van der Waals surface area contributed by atoms with Gasteiger partial charge in [0.05, 0.1) is 0 Å². The van der Waals surface area contributed by atoms with E-state index >= 15 is 0 Å². The van der Waals surface area contributed by atoms with Crippen molar-refractivity contribution in [2.45, 2.75) is 32.2 Å². The molecule has 1 saturated carbocycles. The number of aromatic nitrogens is 2. The average molecular weight is 222 g/mol. The quantitative estimate of drug-likeness (QED) is 0.822. The van der Waals surface area contributed by atoms with Crippen LogP contribution in [0, 0.1) is 12.8 Å². The smallest absolute Gasteiger partial charge is 0.321 e. The average Bonchev–Trinajstić information content (AvgIpc) is 2.81. The third-order valence-electron chi connectivity index (χ3n) is 3.37. The molecule has 2 aliphatic rings. The monoisotopic (exact) mass is 222 g/mol. The molecule has 5 heteroatoms. The Bertz CT molecular complexity index is 355. The zero-order valence-electron chi connectivity index (χ0n) is 9.65. The maximum atomic E-state index is 5.28. The van der Waals surface area contributed by atoms with Gasteiger partial charge in [-0.25, -0.2) is 0 Å². The summed E-state index contributed by atoms with van der Waals surface area (Å²) in [4.78, 5) is 6.65. The number of nitrogens with zero attached hydrogens (tertiary/aromatic N) is 3. The Morgan fingerprint density at radius 3 is 2.88 bits per heavy atom. The molecule has 0 bridgehead atoms. The number of rotatable bonds is 4. The van der Waals surface area contributed by atoms with Crippen LogP contribution in [0.4, 0.5) is 6.01 Å². The van der Waals surface area contributed by atoms with Crippen LogP contribution in [0.3, 0.4) is 0 Å². The van der Waals surface area contributed by atoms with Crippen LogP contribution < -0.4 is 10.2 Å². The number of hydrogen-bond acceptors (Lipinski definition) is 5. The Morgan fingerprint density at radius 1 is 1.44 bits per heavy atom. The van der Waals surface area contributed by atoms with Gasteiger partial charge in [0.15, 0.2) is 5.82 Å². The molecule has 5 nitrogen and oxygen atoms in total. The summed E-state index contributed by atoms with van der Waals surface area (Å²) in [6.07, 6.45) is 3.79. The molecular weight excluding hydrogens is 204 g/mol. The Morgan fingerprint density at radius 2 is 2.31 bits per heavy atom. The lowest BCUT2D eigenvalue weighted by atomic mass is 10.1. The van der Waals surface area contributed by atoms with Gasteiger partial charge >= 0.3 is 6.01 Å². The summed E-state index contributed by atoms with van der Waals surface area (Å²) in [6, 6.07) is 1.35. The first-order valence-electron chi connectivity index (χ1n) is 6.10. The summed E-state index contributed by atoms with van der Waals surface area (Å²) in [7, 11) is 0. The second kappa shape index (κ2) is 4.05. The summed E-state index contributed by atoms with van der Waals surface area (Å²) in [6.45, 7) is 5.19. The molecule has 1 aliphatic carbocycles. The molecule has 2 fully saturated rings. The van der Waals surface area contributed by atoms with E-state index in [0.717, 1.165) is 31.4 Å². The summed E-state index contributed by atoms with van der Waals surface area (Å²) in [5.41, 5.74) is 0. The zero-order valence-corrected chi connectivity index (χ0v) is 9.65. The molecule has 0 amide bonds. The molecule has 1 aromatic heterocycles. The lowest BCUT2D eigenvalue weighted by Gasteiger charge is -2.22. The van der Waals surface area contributed by atoms with Crippen molar-refractivity contribution < 1.29 is 4.52 Å². The third-order valence-corrected chi connectivity index (χ3v) is 3.37. The predicted octanol–water partition coefficient (Wildman–Crippen LogP) is 0.956. The lowest BCUT2D eigenvalue weighted by molar-refractivity contribution is 0.398. The fourth-order valence-corrected chi connectivity index (χ4v) is 2.32. The van der Waals surface area contributed by atoms with E-state index in [-0.39, 0.29) is 0 Å². The Balaban J connectivity index is 1.70. The van der Waals surface area contributed by atoms with Crippen LogP contribution >= 0.6 is 0 Å². The van der Waals surface area contributed by atoms with Crippen LogP contribution in [-0.2, 0) is 0 Å². The molecule has 1 aliphatic heterocycles. The third kappa shape index (κ3) is 2.04. The van der Waals surface area contributed by atoms with Crippen molar-refractivity contribution >= 4 is 6.01 Å². The van der Waals surface area contributed by atoms with Gasteiger partial charge in [0.2, 0.25) is 0 Å². The molecule has 0 spiro atoms. The van der Waals surface area contributed by atoms with Crippen LogP contribution in [0.1, 0.15) is 25.1 Å². The number of aryl methyl sites for hydroxylation is 1. The van der Waals surface area contributed by atoms with Crippen LogP contribution in [0.2, 0.25) is 0 Å². The second-order valence-electron chi connectivity index (χ2n) is 4.87. The number of hydrogen-bond donors (Lipinski definition) is 1. The van der Waals surface area contributed by atoms with E-state index in [1.165, 1.54) is 19.3 Å². The van der Waals surface area contributed by atoms with Crippen molar-refractivity contribution in [3.63, 3.8) is 0 Å². The van der Waals surface area contributed by atoms with Crippen molar-refractivity contribution in [2.75, 3.05) is 24.5 Å². The highest BCUT2D eigenvalue weighted by molar-refractivity contribution is 5.30. The molecule has 1 unspecified atom stereocenters. The van der Waals surface area contributed by atoms with Gasteiger partial charge in [-0.1, -0.05) is 5.16 Å². The van der Waals surface area contributed by atoms with Gasteiger partial charge < -0.3 is 14.7 Å². The van der Waals surface area contributed by atoms with E-state index in [0.29, 0.717) is 12.1 Å². The molecule has 1 atom stereocenters.